The van der Waals surface area contributed by atoms with Crippen molar-refractivity contribution in [2.45, 2.75) is 19.8 Å². The Balaban J connectivity index is 1.46. The summed E-state index contributed by atoms with van der Waals surface area (Å²) >= 11 is 0. The SMILES string of the molecule is [C-]#[N+]c1ccc(/C=N/N=C/c2ccc(OC(=O)c3ccc(OCCCCOC(=O)C=C)cc3)c(C)c2)cc1. The summed E-state index contributed by atoms with van der Waals surface area (Å²) in [6.07, 6.45) is 5.75. The van der Waals surface area contributed by atoms with Gasteiger partial charge in [-0.2, -0.15) is 10.2 Å². The molecule has 0 bridgehead atoms. The van der Waals surface area contributed by atoms with E-state index in [1.165, 1.54) is 0 Å². The molecule has 0 unspecified atom stereocenters. The highest BCUT2D eigenvalue weighted by Crippen LogP contribution is 2.21. The van der Waals surface area contributed by atoms with E-state index < -0.39 is 11.9 Å². The van der Waals surface area contributed by atoms with Crippen LogP contribution in [-0.4, -0.2) is 37.6 Å². The summed E-state index contributed by atoms with van der Waals surface area (Å²) in [4.78, 5) is 26.9. The molecular weight excluding hydrogens is 482 g/mol. The van der Waals surface area contributed by atoms with Crippen molar-refractivity contribution in [3.8, 4) is 11.5 Å². The molecule has 0 heterocycles. The van der Waals surface area contributed by atoms with Crippen molar-refractivity contribution in [1.29, 1.82) is 0 Å². The van der Waals surface area contributed by atoms with E-state index in [0.29, 0.717) is 42.4 Å². The van der Waals surface area contributed by atoms with Crippen LogP contribution < -0.4 is 9.47 Å². The molecule has 0 amide bonds. The zero-order valence-electron chi connectivity index (χ0n) is 21.0. The summed E-state index contributed by atoms with van der Waals surface area (Å²) in [6, 6.07) is 19.1. The molecule has 0 aliphatic heterocycles. The second-order valence-electron chi connectivity index (χ2n) is 8.06. The third-order valence-corrected chi connectivity index (χ3v) is 5.21. The van der Waals surface area contributed by atoms with Gasteiger partial charge in [0.05, 0.1) is 37.8 Å². The lowest BCUT2D eigenvalue weighted by Gasteiger charge is -2.09. The van der Waals surface area contributed by atoms with Gasteiger partial charge >= 0.3 is 11.9 Å². The second-order valence-corrected chi connectivity index (χ2v) is 8.06. The maximum absolute atomic E-state index is 12.6. The Labute approximate surface area is 221 Å². The lowest BCUT2D eigenvalue weighted by Crippen LogP contribution is -2.09. The average molecular weight is 510 g/mol. The Bertz CT molecular complexity index is 1350. The number of hydrogen-bond donors (Lipinski definition) is 0. The number of nitrogens with zero attached hydrogens (tertiary/aromatic N) is 3. The number of benzene rings is 3. The van der Waals surface area contributed by atoms with Gasteiger partial charge in [-0.25, -0.2) is 14.4 Å². The van der Waals surface area contributed by atoms with Crippen LogP contribution in [0.1, 0.15) is 39.9 Å². The standard InChI is InChI=1S/C30H27N3O5/c1-4-29(34)37-18-6-5-17-36-27-14-10-25(11-15-27)30(35)38-28-16-9-24(19-22(28)2)21-33-32-20-23-7-12-26(31-3)13-8-23/h4,7-16,19-21H,1,5-6,17-18H2,2H3/b32-20+,33-21+. The molecule has 3 rings (SSSR count). The molecule has 8 nitrogen and oxygen atoms in total. The topological polar surface area (TPSA) is 90.9 Å². The molecule has 3 aromatic rings. The quantitative estimate of drug-likeness (QED) is 0.0559. The third-order valence-electron chi connectivity index (χ3n) is 5.21. The highest BCUT2D eigenvalue weighted by Gasteiger charge is 2.11. The van der Waals surface area contributed by atoms with Crippen molar-refractivity contribution in [1.82, 2.24) is 0 Å². The predicted octanol–water partition coefficient (Wildman–Crippen LogP) is 6.11. The van der Waals surface area contributed by atoms with Crippen LogP contribution in [0.25, 0.3) is 4.85 Å². The van der Waals surface area contributed by atoms with E-state index in [1.807, 2.05) is 13.0 Å². The molecular formula is C30H27N3O5. The van der Waals surface area contributed by atoms with Crippen LogP contribution in [0, 0.1) is 13.5 Å². The van der Waals surface area contributed by atoms with E-state index in [9.17, 15) is 9.59 Å². The number of carbonyl (C=O) groups is 2. The molecule has 0 aliphatic rings. The summed E-state index contributed by atoms with van der Waals surface area (Å²) in [5.74, 6) is 0.176. The smallest absolute Gasteiger partial charge is 0.343 e. The minimum absolute atomic E-state index is 0.320. The minimum atomic E-state index is -0.473. The first kappa shape index (κ1) is 27.6. The summed E-state index contributed by atoms with van der Waals surface area (Å²) in [5, 5.41) is 8.09. The number of esters is 2. The van der Waals surface area contributed by atoms with Gasteiger partial charge in [0.2, 0.25) is 0 Å². The van der Waals surface area contributed by atoms with Crippen LogP contribution in [-0.2, 0) is 9.53 Å². The van der Waals surface area contributed by atoms with Crippen molar-refractivity contribution in [3.63, 3.8) is 0 Å². The first-order valence-corrected chi connectivity index (χ1v) is 11.9. The van der Waals surface area contributed by atoms with Gasteiger partial charge < -0.3 is 14.2 Å². The van der Waals surface area contributed by atoms with Crippen molar-refractivity contribution < 1.29 is 23.8 Å². The molecule has 0 spiro atoms. The van der Waals surface area contributed by atoms with Crippen molar-refractivity contribution in [2.75, 3.05) is 13.2 Å². The Morgan fingerprint density at radius 2 is 1.58 bits per heavy atom. The Morgan fingerprint density at radius 1 is 0.921 bits per heavy atom. The highest BCUT2D eigenvalue weighted by atomic mass is 16.5. The Morgan fingerprint density at radius 3 is 2.24 bits per heavy atom. The molecule has 0 atom stereocenters. The van der Waals surface area contributed by atoms with Crippen molar-refractivity contribution >= 4 is 30.1 Å². The molecule has 0 fully saturated rings. The zero-order valence-corrected chi connectivity index (χ0v) is 21.0. The van der Waals surface area contributed by atoms with Gasteiger partial charge in [-0.05, 0) is 78.9 Å². The zero-order chi connectivity index (χ0) is 27.2. The summed E-state index contributed by atoms with van der Waals surface area (Å²) in [5.41, 5.74) is 3.40. The molecule has 38 heavy (non-hydrogen) atoms. The monoisotopic (exact) mass is 509 g/mol. The number of aryl methyl sites for hydroxylation is 1. The fourth-order valence-electron chi connectivity index (χ4n) is 3.17. The lowest BCUT2D eigenvalue weighted by molar-refractivity contribution is -0.137. The summed E-state index contributed by atoms with van der Waals surface area (Å²) in [6.45, 7) is 12.9. The van der Waals surface area contributed by atoms with Crippen LogP contribution in [0.4, 0.5) is 5.69 Å². The van der Waals surface area contributed by atoms with Gasteiger partial charge in [0.15, 0.2) is 5.69 Å². The normalized spacial score (nSPS) is 10.7. The number of carbonyl (C=O) groups excluding carboxylic acids is 2. The molecule has 0 aliphatic carbocycles. The minimum Gasteiger partial charge on any atom is -0.494 e. The first-order chi connectivity index (χ1) is 18.5. The van der Waals surface area contributed by atoms with Crippen LogP contribution in [0.2, 0.25) is 0 Å². The molecule has 8 heteroatoms. The summed E-state index contributed by atoms with van der Waals surface area (Å²) in [7, 11) is 0. The summed E-state index contributed by atoms with van der Waals surface area (Å²) < 4.78 is 16.1. The number of ether oxygens (including phenoxy) is 3. The van der Waals surface area contributed by atoms with E-state index in [-0.39, 0.29) is 0 Å². The van der Waals surface area contributed by atoms with Gasteiger partial charge in [-0.1, -0.05) is 30.8 Å². The van der Waals surface area contributed by atoms with Crippen molar-refractivity contribution in [3.05, 3.63) is 113 Å². The molecule has 0 saturated carbocycles. The maximum atomic E-state index is 12.6. The van der Waals surface area contributed by atoms with Gasteiger partial charge in [-0.15, -0.1) is 0 Å². The van der Waals surface area contributed by atoms with E-state index in [4.69, 9.17) is 20.8 Å². The molecule has 0 saturated heterocycles. The molecule has 0 aromatic heterocycles. The second kappa shape index (κ2) is 14.5. The molecule has 192 valence electrons. The van der Waals surface area contributed by atoms with Crippen molar-refractivity contribution in [2.24, 2.45) is 10.2 Å². The average Bonchev–Trinajstić information content (AvgIpc) is 2.94. The maximum Gasteiger partial charge on any atom is 0.343 e. The van der Waals surface area contributed by atoms with E-state index >= 15 is 0 Å². The number of unbranched alkanes of at least 4 members (excludes halogenated alkanes) is 1. The number of rotatable bonds is 12. The third kappa shape index (κ3) is 8.88. The highest BCUT2D eigenvalue weighted by molar-refractivity contribution is 5.91. The number of hydrogen-bond acceptors (Lipinski definition) is 7. The molecule has 0 radical (unpaired) electrons. The Kier molecular flexibility index (Phi) is 10.5. The molecule has 0 N–H and O–H groups in total. The van der Waals surface area contributed by atoms with Crippen LogP contribution >= 0.6 is 0 Å². The van der Waals surface area contributed by atoms with E-state index in [2.05, 4.69) is 21.6 Å². The van der Waals surface area contributed by atoms with Crippen LogP contribution in [0.5, 0.6) is 11.5 Å². The van der Waals surface area contributed by atoms with Crippen LogP contribution in [0.3, 0.4) is 0 Å². The Hall–Kier alpha value is -5.03. The largest absolute Gasteiger partial charge is 0.494 e. The fraction of sp³-hybridized carbons (Fsp3) is 0.167. The first-order valence-electron chi connectivity index (χ1n) is 11.9. The van der Waals surface area contributed by atoms with Gasteiger partial charge in [0.25, 0.3) is 0 Å². The van der Waals surface area contributed by atoms with Gasteiger partial charge in [0.1, 0.15) is 11.5 Å². The fourth-order valence-corrected chi connectivity index (χ4v) is 3.17. The lowest BCUT2D eigenvalue weighted by atomic mass is 10.1. The van der Waals surface area contributed by atoms with E-state index in [1.54, 1.807) is 73.1 Å². The predicted molar refractivity (Wildman–Crippen MR) is 146 cm³/mol. The van der Waals surface area contributed by atoms with Gasteiger partial charge in [-0.3, -0.25) is 0 Å². The molecule has 3 aromatic carbocycles. The van der Waals surface area contributed by atoms with Crippen LogP contribution in [0.15, 0.2) is 89.6 Å². The van der Waals surface area contributed by atoms with Gasteiger partial charge in [0, 0.05) is 6.08 Å². The van der Waals surface area contributed by atoms with E-state index in [0.717, 1.165) is 29.2 Å².